The summed E-state index contributed by atoms with van der Waals surface area (Å²) in [5, 5.41) is 0. The summed E-state index contributed by atoms with van der Waals surface area (Å²) in [6.45, 7) is 1.83. The van der Waals surface area contributed by atoms with E-state index < -0.39 is 0 Å². The first kappa shape index (κ1) is 8.10. The predicted octanol–water partition coefficient (Wildman–Crippen LogP) is 2.07. The lowest BCUT2D eigenvalue weighted by Crippen LogP contribution is -2.22. The van der Waals surface area contributed by atoms with Crippen LogP contribution in [0.5, 0.6) is 0 Å². The highest BCUT2D eigenvalue weighted by Gasteiger charge is 2.29. The summed E-state index contributed by atoms with van der Waals surface area (Å²) in [6, 6.07) is 3.60. The molecular weight excluding hydrogens is 168 g/mol. The second-order valence-corrected chi connectivity index (χ2v) is 3.07. The van der Waals surface area contributed by atoms with E-state index >= 15 is 0 Å². The molecule has 0 fully saturated rings. The maximum Gasteiger partial charge on any atom is 0.165 e. The summed E-state index contributed by atoms with van der Waals surface area (Å²) in [4.78, 5) is 11.3. The van der Waals surface area contributed by atoms with Gasteiger partial charge in [-0.3, -0.25) is 4.79 Å². The molecule has 0 unspecified atom stereocenters. The average molecular weight is 178 g/mol. The van der Waals surface area contributed by atoms with Crippen molar-refractivity contribution in [2.24, 2.45) is 5.92 Å². The van der Waals surface area contributed by atoms with Gasteiger partial charge in [0.25, 0.3) is 0 Å². The SMILES string of the molecule is C[C@@H]1C(=O)C=CO[C@@H]1c1ccco1. The molecular formula is C10H10O3. The van der Waals surface area contributed by atoms with Gasteiger partial charge in [0.05, 0.1) is 18.4 Å². The third-order valence-corrected chi connectivity index (χ3v) is 2.18. The molecule has 0 amide bonds. The molecule has 3 heteroatoms. The van der Waals surface area contributed by atoms with Crippen LogP contribution in [0.15, 0.2) is 35.2 Å². The van der Waals surface area contributed by atoms with Gasteiger partial charge >= 0.3 is 0 Å². The summed E-state index contributed by atoms with van der Waals surface area (Å²) in [6.07, 6.45) is 4.18. The lowest BCUT2D eigenvalue weighted by atomic mass is 9.96. The van der Waals surface area contributed by atoms with Crippen molar-refractivity contribution in [2.45, 2.75) is 13.0 Å². The van der Waals surface area contributed by atoms with E-state index in [9.17, 15) is 4.79 Å². The van der Waals surface area contributed by atoms with Crippen molar-refractivity contribution in [1.29, 1.82) is 0 Å². The molecule has 0 spiro atoms. The van der Waals surface area contributed by atoms with Crippen LogP contribution < -0.4 is 0 Å². The Balaban J connectivity index is 2.26. The van der Waals surface area contributed by atoms with Crippen LogP contribution in [0.1, 0.15) is 18.8 Å². The third-order valence-electron chi connectivity index (χ3n) is 2.18. The average Bonchev–Trinajstić information content (AvgIpc) is 2.62. The highest BCUT2D eigenvalue weighted by atomic mass is 16.5. The maximum absolute atomic E-state index is 11.3. The molecule has 0 saturated carbocycles. The molecule has 2 atom stereocenters. The molecule has 1 aromatic rings. The Morgan fingerprint density at radius 3 is 3.00 bits per heavy atom. The van der Waals surface area contributed by atoms with Crippen LogP contribution in [0.2, 0.25) is 0 Å². The van der Waals surface area contributed by atoms with Gasteiger partial charge in [-0.15, -0.1) is 0 Å². The third kappa shape index (κ3) is 1.37. The molecule has 1 aliphatic rings. The molecule has 0 aromatic carbocycles. The normalized spacial score (nSPS) is 27.3. The molecule has 2 rings (SSSR count). The second kappa shape index (κ2) is 3.09. The van der Waals surface area contributed by atoms with Crippen LogP contribution in [0.25, 0.3) is 0 Å². The Labute approximate surface area is 76.0 Å². The second-order valence-electron chi connectivity index (χ2n) is 3.07. The predicted molar refractivity (Wildman–Crippen MR) is 45.8 cm³/mol. The minimum absolute atomic E-state index is 0.0765. The fraction of sp³-hybridized carbons (Fsp3) is 0.300. The number of furan rings is 1. The number of carbonyl (C=O) groups excluding carboxylic acids is 1. The minimum Gasteiger partial charge on any atom is -0.489 e. The first-order valence-electron chi connectivity index (χ1n) is 4.18. The Morgan fingerprint density at radius 1 is 1.46 bits per heavy atom. The number of carbonyl (C=O) groups is 1. The molecule has 1 aliphatic heterocycles. The largest absolute Gasteiger partial charge is 0.489 e. The smallest absolute Gasteiger partial charge is 0.165 e. The number of ketones is 1. The van der Waals surface area contributed by atoms with Gasteiger partial charge in [0, 0.05) is 6.08 Å². The molecule has 0 bridgehead atoms. The highest BCUT2D eigenvalue weighted by Crippen LogP contribution is 2.30. The van der Waals surface area contributed by atoms with Gasteiger partial charge in [-0.05, 0) is 12.1 Å². The summed E-state index contributed by atoms with van der Waals surface area (Å²) in [5.41, 5.74) is 0. The van der Waals surface area contributed by atoms with Crippen LogP contribution in [0, 0.1) is 5.92 Å². The quantitative estimate of drug-likeness (QED) is 0.660. The minimum atomic E-state index is -0.271. The maximum atomic E-state index is 11.3. The zero-order chi connectivity index (χ0) is 9.26. The number of hydrogen-bond acceptors (Lipinski definition) is 3. The molecule has 2 heterocycles. The van der Waals surface area contributed by atoms with Gasteiger partial charge in [0.1, 0.15) is 5.76 Å². The van der Waals surface area contributed by atoms with Crippen molar-refractivity contribution in [3.8, 4) is 0 Å². The zero-order valence-corrected chi connectivity index (χ0v) is 7.27. The molecule has 0 saturated heterocycles. The molecule has 0 aliphatic carbocycles. The van der Waals surface area contributed by atoms with Crippen LogP contribution in [0.4, 0.5) is 0 Å². The van der Waals surface area contributed by atoms with Crippen molar-refractivity contribution in [3.63, 3.8) is 0 Å². The van der Waals surface area contributed by atoms with E-state index in [0.717, 1.165) is 0 Å². The van der Waals surface area contributed by atoms with Gasteiger partial charge in [0.15, 0.2) is 11.9 Å². The Bertz CT molecular complexity index is 324. The van der Waals surface area contributed by atoms with Crippen molar-refractivity contribution >= 4 is 5.78 Å². The monoisotopic (exact) mass is 178 g/mol. The van der Waals surface area contributed by atoms with Crippen LogP contribution in [0.3, 0.4) is 0 Å². The van der Waals surface area contributed by atoms with Crippen molar-refractivity contribution < 1.29 is 13.9 Å². The van der Waals surface area contributed by atoms with Gasteiger partial charge in [-0.1, -0.05) is 6.92 Å². The molecule has 13 heavy (non-hydrogen) atoms. The summed E-state index contributed by atoms with van der Waals surface area (Å²) < 4.78 is 10.5. The summed E-state index contributed by atoms with van der Waals surface area (Å²) >= 11 is 0. The fourth-order valence-electron chi connectivity index (χ4n) is 1.38. The van der Waals surface area contributed by atoms with E-state index in [2.05, 4.69) is 0 Å². The van der Waals surface area contributed by atoms with Crippen molar-refractivity contribution in [3.05, 3.63) is 36.5 Å². The molecule has 3 nitrogen and oxygen atoms in total. The number of rotatable bonds is 1. The van der Waals surface area contributed by atoms with E-state index in [-0.39, 0.29) is 17.8 Å². The summed E-state index contributed by atoms with van der Waals surface area (Å²) in [5.74, 6) is 0.606. The lowest BCUT2D eigenvalue weighted by Gasteiger charge is -2.22. The van der Waals surface area contributed by atoms with E-state index in [1.54, 1.807) is 12.3 Å². The Kier molecular flexibility index (Phi) is 1.93. The number of allylic oxidation sites excluding steroid dienone is 1. The van der Waals surface area contributed by atoms with Crippen molar-refractivity contribution in [2.75, 3.05) is 0 Å². The van der Waals surface area contributed by atoms with Crippen LogP contribution in [-0.4, -0.2) is 5.78 Å². The van der Waals surface area contributed by atoms with Gasteiger partial charge < -0.3 is 9.15 Å². The topological polar surface area (TPSA) is 39.4 Å². The van der Waals surface area contributed by atoms with E-state index in [0.29, 0.717) is 5.76 Å². The molecule has 1 aromatic heterocycles. The lowest BCUT2D eigenvalue weighted by molar-refractivity contribution is -0.123. The number of ether oxygens (including phenoxy) is 1. The standard InChI is InChI=1S/C10H10O3/c1-7-8(11)4-6-13-10(7)9-3-2-5-12-9/h2-7,10H,1H3/t7-,10+/m1/s1. The van der Waals surface area contributed by atoms with Gasteiger partial charge in [-0.2, -0.15) is 0 Å². The Hall–Kier alpha value is -1.51. The van der Waals surface area contributed by atoms with E-state index in [4.69, 9.17) is 9.15 Å². The highest BCUT2D eigenvalue weighted by molar-refractivity contribution is 5.92. The van der Waals surface area contributed by atoms with Crippen LogP contribution >= 0.6 is 0 Å². The van der Waals surface area contributed by atoms with E-state index in [1.807, 2.05) is 13.0 Å². The first-order chi connectivity index (χ1) is 6.29. The number of hydrogen-bond donors (Lipinski definition) is 0. The van der Waals surface area contributed by atoms with Crippen LogP contribution in [-0.2, 0) is 9.53 Å². The first-order valence-corrected chi connectivity index (χ1v) is 4.18. The molecule has 0 radical (unpaired) electrons. The van der Waals surface area contributed by atoms with Gasteiger partial charge in [-0.25, -0.2) is 0 Å². The fourth-order valence-corrected chi connectivity index (χ4v) is 1.38. The zero-order valence-electron chi connectivity index (χ0n) is 7.27. The summed E-state index contributed by atoms with van der Waals surface area (Å²) in [7, 11) is 0. The van der Waals surface area contributed by atoms with Gasteiger partial charge in [0.2, 0.25) is 0 Å². The molecule has 0 N–H and O–H groups in total. The van der Waals surface area contributed by atoms with Crippen molar-refractivity contribution in [1.82, 2.24) is 0 Å². The molecule has 68 valence electrons. The Morgan fingerprint density at radius 2 is 2.31 bits per heavy atom. The van der Waals surface area contributed by atoms with E-state index in [1.165, 1.54) is 12.3 Å².